The lowest BCUT2D eigenvalue weighted by Crippen LogP contribution is -2.21. The second-order valence-electron chi connectivity index (χ2n) is 7.00. The fourth-order valence-electron chi connectivity index (χ4n) is 2.70. The first-order valence-electron chi connectivity index (χ1n) is 9.79. The number of hydrogen-bond donors (Lipinski definition) is 2. The van der Waals surface area contributed by atoms with E-state index in [1.54, 1.807) is 24.3 Å². The van der Waals surface area contributed by atoms with Crippen LogP contribution < -0.4 is 10.6 Å². The molecule has 164 valence electrons. The quantitative estimate of drug-likeness (QED) is 0.595. The maximum absolute atomic E-state index is 12.0. The molecule has 2 aromatic carbocycles. The fraction of sp³-hybridized carbons (Fsp3) is 0.304. The molecule has 0 bridgehead atoms. The fourth-order valence-corrected chi connectivity index (χ4v) is 2.70. The Morgan fingerprint density at radius 1 is 0.871 bits per heavy atom. The van der Waals surface area contributed by atoms with E-state index in [0.29, 0.717) is 16.9 Å². The van der Waals surface area contributed by atoms with Gasteiger partial charge in [-0.15, -0.1) is 0 Å². The number of anilines is 2. The molecule has 0 aliphatic rings. The third kappa shape index (κ3) is 7.93. The molecule has 0 unspecified atom stereocenters. The Bertz CT molecular complexity index is 953. The second kappa shape index (κ2) is 11.5. The highest BCUT2D eigenvalue weighted by Gasteiger charge is 2.11. The molecule has 0 saturated heterocycles. The van der Waals surface area contributed by atoms with Crippen molar-refractivity contribution in [1.82, 2.24) is 0 Å². The van der Waals surface area contributed by atoms with Gasteiger partial charge in [-0.2, -0.15) is 0 Å². The molecule has 0 heterocycles. The monoisotopic (exact) mass is 426 g/mol. The third-order valence-electron chi connectivity index (χ3n) is 4.41. The lowest BCUT2D eigenvalue weighted by Gasteiger charge is -2.10. The Hall–Kier alpha value is -3.68. The van der Waals surface area contributed by atoms with E-state index in [9.17, 15) is 19.2 Å². The third-order valence-corrected chi connectivity index (χ3v) is 4.41. The number of hydrogen-bond acceptors (Lipinski definition) is 6. The first-order chi connectivity index (χ1) is 14.8. The van der Waals surface area contributed by atoms with Gasteiger partial charge in [0.05, 0.1) is 12.7 Å². The summed E-state index contributed by atoms with van der Waals surface area (Å²) < 4.78 is 9.58. The molecule has 0 aliphatic carbocycles. The SMILES string of the molecule is COC(=O)c1ccc(NC(=O)CCCC(=O)OCC(=O)Nc2cc(C)ccc2C)cc1. The molecule has 2 rings (SSSR count). The number of ether oxygens (including phenoxy) is 2. The molecule has 8 nitrogen and oxygen atoms in total. The Balaban J connectivity index is 1.67. The van der Waals surface area contributed by atoms with Crippen LogP contribution in [-0.4, -0.2) is 37.5 Å². The maximum Gasteiger partial charge on any atom is 0.337 e. The summed E-state index contributed by atoms with van der Waals surface area (Å²) in [6.07, 6.45) is 0.414. The Kier molecular flexibility index (Phi) is 8.75. The van der Waals surface area contributed by atoms with Gasteiger partial charge in [0, 0.05) is 24.2 Å². The average Bonchev–Trinajstić information content (AvgIpc) is 2.75. The van der Waals surface area contributed by atoms with Crippen LogP contribution in [0.3, 0.4) is 0 Å². The van der Waals surface area contributed by atoms with E-state index in [4.69, 9.17) is 4.74 Å². The summed E-state index contributed by atoms with van der Waals surface area (Å²) in [5.74, 6) is -1.70. The Morgan fingerprint density at radius 3 is 2.26 bits per heavy atom. The molecule has 0 atom stereocenters. The first kappa shape index (κ1) is 23.6. The zero-order chi connectivity index (χ0) is 22.8. The molecular weight excluding hydrogens is 400 g/mol. The van der Waals surface area contributed by atoms with Crippen LogP contribution in [0.15, 0.2) is 42.5 Å². The molecule has 2 N–H and O–H groups in total. The van der Waals surface area contributed by atoms with Gasteiger partial charge < -0.3 is 20.1 Å². The van der Waals surface area contributed by atoms with Crippen LogP contribution in [0, 0.1) is 13.8 Å². The standard InChI is InChI=1S/C23H26N2O6/c1-15-7-8-16(2)19(13-15)25-21(27)14-31-22(28)6-4-5-20(26)24-18-11-9-17(10-12-18)23(29)30-3/h7-13H,4-6,14H2,1-3H3,(H,24,26)(H,25,27). The van der Waals surface area contributed by atoms with Crippen molar-refractivity contribution in [2.45, 2.75) is 33.1 Å². The van der Waals surface area contributed by atoms with Gasteiger partial charge in [-0.3, -0.25) is 14.4 Å². The van der Waals surface area contributed by atoms with Crippen molar-refractivity contribution >= 4 is 35.1 Å². The van der Waals surface area contributed by atoms with Crippen molar-refractivity contribution in [1.29, 1.82) is 0 Å². The van der Waals surface area contributed by atoms with E-state index in [0.717, 1.165) is 11.1 Å². The summed E-state index contributed by atoms with van der Waals surface area (Å²) in [6.45, 7) is 3.41. The molecule has 0 radical (unpaired) electrons. The van der Waals surface area contributed by atoms with Crippen LogP contribution in [0.2, 0.25) is 0 Å². The number of esters is 2. The van der Waals surface area contributed by atoms with Crippen molar-refractivity contribution in [3.8, 4) is 0 Å². The van der Waals surface area contributed by atoms with E-state index in [1.807, 2.05) is 32.0 Å². The molecule has 0 saturated carbocycles. The summed E-state index contributed by atoms with van der Waals surface area (Å²) in [4.78, 5) is 47.2. The molecule has 0 spiro atoms. The molecule has 2 amide bonds. The second-order valence-corrected chi connectivity index (χ2v) is 7.00. The number of benzene rings is 2. The lowest BCUT2D eigenvalue weighted by atomic mass is 10.1. The predicted molar refractivity (Wildman–Crippen MR) is 116 cm³/mol. The minimum Gasteiger partial charge on any atom is -0.465 e. The molecule has 0 fully saturated rings. The van der Waals surface area contributed by atoms with Gasteiger partial charge in [-0.05, 0) is 61.7 Å². The largest absolute Gasteiger partial charge is 0.465 e. The number of carbonyl (C=O) groups is 4. The number of methoxy groups -OCH3 is 1. The number of amides is 2. The minimum atomic E-state index is -0.550. The van der Waals surface area contributed by atoms with Gasteiger partial charge in [0.1, 0.15) is 0 Å². The molecule has 0 aromatic heterocycles. The van der Waals surface area contributed by atoms with Crippen LogP contribution in [-0.2, 0) is 23.9 Å². The highest BCUT2D eigenvalue weighted by atomic mass is 16.5. The highest BCUT2D eigenvalue weighted by molar-refractivity contribution is 5.94. The number of aryl methyl sites for hydroxylation is 2. The Labute approximate surface area is 180 Å². The zero-order valence-corrected chi connectivity index (χ0v) is 17.8. The van der Waals surface area contributed by atoms with Crippen LogP contribution in [0.4, 0.5) is 11.4 Å². The number of carbonyl (C=O) groups excluding carboxylic acids is 4. The van der Waals surface area contributed by atoms with Gasteiger partial charge in [0.2, 0.25) is 5.91 Å². The van der Waals surface area contributed by atoms with Crippen LogP contribution in [0.25, 0.3) is 0 Å². The van der Waals surface area contributed by atoms with E-state index in [-0.39, 0.29) is 31.8 Å². The smallest absolute Gasteiger partial charge is 0.337 e. The molecule has 2 aromatic rings. The van der Waals surface area contributed by atoms with Crippen molar-refractivity contribution in [2.75, 3.05) is 24.4 Å². The first-order valence-corrected chi connectivity index (χ1v) is 9.79. The van der Waals surface area contributed by atoms with E-state index in [2.05, 4.69) is 15.4 Å². The van der Waals surface area contributed by atoms with E-state index < -0.39 is 17.8 Å². The van der Waals surface area contributed by atoms with E-state index >= 15 is 0 Å². The lowest BCUT2D eigenvalue weighted by molar-refractivity contribution is -0.147. The van der Waals surface area contributed by atoms with Crippen LogP contribution >= 0.6 is 0 Å². The summed E-state index contributed by atoms with van der Waals surface area (Å²) >= 11 is 0. The van der Waals surface area contributed by atoms with Crippen LogP contribution in [0.5, 0.6) is 0 Å². The minimum absolute atomic E-state index is 0.0193. The molecule has 0 aliphatic heterocycles. The zero-order valence-electron chi connectivity index (χ0n) is 17.8. The van der Waals surface area contributed by atoms with Gasteiger partial charge in [-0.25, -0.2) is 4.79 Å². The van der Waals surface area contributed by atoms with Gasteiger partial charge in [0.25, 0.3) is 5.91 Å². The Morgan fingerprint density at radius 2 is 1.58 bits per heavy atom. The summed E-state index contributed by atoms with van der Waals surface area (Å²) in [5, 5.41) is 5.39. The summed E-state index contributed by atoms with van der Waals surface area (Å²) in [5.41, 5.74) is 3.51. The number of rotatable bonds is 9. The van der Waals surface area contributed by atoms with Crippen molar-refractivity contribution in [3.63, 3.8) is 0 Å². The molecule has 8 heteroatoms. The summed E-state index contributed by atoms with van der Waals surface area (Å²) in [6, 6.07) is 12.0. The predicted octanol–water partition coefficient (Wildman–Crippen LogP) is 3.38. The van der Waals surface area contributed by atoms with Crippen molar-refractivity contribution < 1.29 is 28.7 Å². The molecule has 31 heavy (non-hydrogen) atoms. The summed E-state index contributed by atoms with van der Waals surface area (Å²) in [7, 11) is 1.29. The highest BCUT2D eigenvalue weighted by Crippen LogP contribution is 2.16. The van der Waals surface area contributed by atoms with E-state index in [1.165, 1.54) is 7.11 Å². The van der Waals surface area contributed by atoms with Gasteiger partial charge in [-0.1, -0.05) is 12.1 Å². The van der Waals surface area contributed by atoms with Crippen molar-refractivity contribution in [2.24, 2.45) is 0 Å². The number of nitrogens with one attached hydrogen (secondary N) is 2. The van der Waals surface area contributed by atoms with Crippen LogP contribution in [0.1, 0.15) is 40.7 Å². The topological polar surface area (TPSA) is 111 Å². The maximum atomic E-state index is 12.0. The average molecular weight is 426 g/mol. The normalized spacial score (nSPS) is 10.2. The van der Waals surface area contributed by atoms with Crippen molar-refractivity contribution in [3.05, 3.63) is 59.2 Å². The van der Waals surface area contributed by atoms with Gasteiger partial charge in [0.15, 0.2) is 6.61 Å². The molecular formula is C23H26N2O6. The van der Waals surface area contributed by atoms with Gasteiger partial charge >= 0.3 is 11.9 Å².